The molecule has 2 aromatic carbocycles. The van der Waals surface area contributed by atoms with Gasteiger partial charge in [0.25, 0.3) is 0 Å². The highest BCUT2D eigenvalue weighted by atomic mass is 32.2. The average molecular weight is 473 g/mol. The Morgan fingerprint density at radius 2 is 1.81 bits per heavy atom. The lowest BCUT2D eigenvalue weighted by molar-refractivity contribution is -0.144. The van der Waals surface area contributed by atoms with Crippen LogP contribution >= 0.6 is 0 Å². The number of hydrogen-bond donors (Lipinski definition) is 0. The Labute approximate surface area is 183 Å². The number of ether oxygens (including phenoxy) is 3. The van der Waals surface area contributed by atoms with Gasteiger partial charge in [-0.3, -0.25) is 4.79 Å². The number of esters is 1. The van der Waals surface area contributed by atoms with Crippen molar-refractivity contribution in [2.75, 3.05) is 33.4 Å². The largest absolute Gasteiger partial charge is 0.495 e. The van der Waals surface area contributed by atoms with Gasteiger partial charge < -0.3 is 14.2 Å². The van der Waals surface area contributed by atoms with Gasteiger partial charge in [0, 0.05) is 13.1 Å². The van der Waals surface area contributed by atoms with Crippen LogP contribution in [0.15, 0.2) is 47.4 Å². The first-order chi connectivity index (χ1) is 15.1. The molecule has 0 N–H and O–H groups in total. The SMILES string of the molecule is COc1ccc(CC(=O)OCc2cccc(C(F)(F)F)c2)cc1S(=O)(=O)N1CCOCC1. The van der Waals surface area contributed by atoms with Gasteiger partial charge in [0.1, 0.15) is 17.3 Å². The number of rotatable bonds is 7. The topological polar surface area (TPSA) is 82.1 Å². The maximum absolute atomic E-state index is 13.0. The van der Waals surface area contributed by atoms with E-state index in [1.807, 2.05) is 0 Å². The Kier molecular flexibility index (Phi) is 7.42. The Hall–Kier alpha value is -2.63. The number of methoxy groups -OCH3 is 1. The molecule has 1 saturated heterocycles. The average Bonchev–Trinajstić information content (AvgIpc) is 2.78. The van der Waals surface area contributed by atoms with Gasteiger partial charge in [0.2, 0.25) is 10.0 Å². The van der Waals surface area contributed by atoms with Gasteiger partial charge in [-0.25, -0.2) is 8.42 Å². The normalized spacial score (nSPS) is 15.4. The summed E-state index contributed by atoms with van der Waals surface area (Å²) >= 11 is 0. The second-order valence-corrected chi connectivity index (χ2v) is 8.94. The fourth-order valence-electron chi connectivity index (χ4n) is 3.18. The van der Waals surface area contributed by atoms with Crippen molar-refractivity contribution in [2.45, 2.75) is 24.1 Å². The molecule has 1 fully saturated rings. The Balaban J connectivity index is 1.71. The summed E-state index contributed by atoms with van der Waals surface area (Å²) < 4.78 is 81.2. The molecule has 1 aliphatic heterocycles. The number of nitrogens with zero attached hydrogens (tertiary/aromatic N) is 1. The molecule has 3 rings (SSSR count). The van der Waals surface area contributed by atoms with Crippen LogP contribution in [0.1, 0.15) is 16.7 Å². The van der Waals surface area contributed by atoms with E-state index in [0.29, 0.717) is 5.56 Å². The summed E-state index contributed by atoms with van der Waals surface area (Å²) in [6.45, 7) is 0.632. The number of halogens is 3. The molecule has 0 radical (unpaired) electrons. The molecular formula is C21H22F3NO6S. The van der Waals surface area contributed by atoms with Gasteiger partial charge in [-0.15, -0.1) is 0 Å². The minimum atomic E-state index is -4.49. The van der Waals surface area contributed by atoms with Crippen LogP contribution in [0, 0.1) is 0 Å². The minimum Gasteiger partial charge on any atom is -0.495 e. The maximum Gasteiger partial charge on any atom is 0.416 e. The van der Waals surface area contributed by atoms with Crippen molar-refractivity contribution in [1.29, 1.82) is 0 Å². The first kappa shape index (κ1) is 24.0. The molecule has 1 heterocycles. The van der Waals surface area contributed by atoms with Crippen molar-refractivity contribution in [1.82, 2.24) is 4.31 Å². The predicted molar refractivity (Wildman–Crippen MR) is 108 cm³/mol. The van der Waals surface area contributed by atoms with Crippen molar-refractivity contribution in [3.8, 4) is 5.75 Å². The van der Waals surface area contributed by atoms with Crippen LogP contribution in [0.5, 0.6) is 5.75 Å². The molecular weight excluding hydrogens is 451 g/mol. The third-order valence-electron chi connectivity index (χ3n) is 4.82. The van der Waals surface area contributed by atoms with Crippen molar-refractivity contribution in [3.05, 3.63) is 59.2 Å². The van der Waals surface area contributed by atoms with Crippen LogP contribution in [-0.4, -0.2) is 52.1 Å². The van der Waals surface area contributed by atoms with Gasteiger partial charge in [-0.2, -0.15) is 17.5 Å². The zero-order valence-corrected chi connectivity index (χ0v) is 18.0. The van der Waals surface area contributed by atoms with E-state index in [1.54, 1.807) is 0 Å². The number of hydrogen-bond acceptors (Lipinski definition) is 6. The first-order valence-corrected chi connectivity index (χ1v) is 11.1. The third kappa shape index (κ3) is 5.78. The summed E-state index contributed by atoms with van der Waals surface area (Å²) in [5.41, 5.74) is -0.274. The van der Waals surface area contributed by atoms with E-state index in [2.05, 4.69) is 0 Å². The smallest absolute Gasteiger partial charge is 0.416 e. The van der Waals surface area contributed by atoms with Crippen LogP contribution < -0.4 is 4.74 Å². The molecule has 0 aromatic heterocycles. The van der Waals surface area contributed by atoms with Crippen LogP contribution in [0.3, 0.4) is 0 Å². The highest BCUT2D eigenvalue weighted by Crippen LogP contribution is 2.30. The lowest BCUT2D eigenvalue weighted by Crippen LogP contribution is -2.40. The van der Waals surface area contributed by atoms with Crippen molar-refractivity contribution in [3.63, 3.8) is 0 Å². The molecule has 32 heavy (non-hydrogen) atoms. The van der Waals surface area contributed by atoms with Crippen LogP contribution in [0.4, 0.5) is 13.2 Å². The monoisotopic (exact) mass is 473 g/mol. The zero-order chi connectivity index (χ0) is 23.4. The summed E-state index contributed by atoms with van der Waals surface area (Å²) in [5, 5.41) is 0. The Bertz CT molecular complexity index is 1070. The maximum atomic E-state index is 13.0. The summed E-state index contributed by atoms with van der Waals surface area (Å²) in [7, 11) is -2.52. The number of carbonyl (C=O) groups excluding carboxylic acids is 1. The first-order valence-electron chi connectivity index (χ1n) is 9.68. The second kappa shape index (κ2) is 9.88. The van der Waals surface area contributed by atoms with Gasteiger partial charge in [0.15, 0.2) is 0 Å². The van der Waals surface area contributed by atoms with Gasteiger partial charge >= 0.3 is 12.1 Å². The fourth-order valence-corrected chi connectivity index (χ4v) is 4.79. The summed E-state index contributed by atoms with van der Waals surface area (Å²) in [5.74, 6) is -0.570. The van der Waals surface area contributed by atoms with E-state index in [9.17, 15) is 26.4 Å². The van der Waals surface area contributed by atoms with Crippen LogP contribution in [0.2, 0.25) is 0 Å². The molecule has 1 aliphatic rings. The Morgan fingerprint density at radius 3 is 2.47 bits per heavy atom. The standard InChI is InChI=1S/C21H22F3NO6S/c1-29-18-6-5-15(12-19(18)32(27,28)25-7-9-30-10-8-25)13-20(26)31-14-16-3-2-4-17(11-16)21(22,23)24/h2-6,11-12H,7-10,13-14H2,1H3. The quantitative estimate of drug-likeness (QED) is 0.575. The molecule has 2 aromatic rings. The predicted octanol–water partition coefficient (Wildman–Crippen LogP) is 3.02. The Morgan fingerprint density at radius 1 is 1.09 bits per heavy atom. The molecule has 174 valence electrons. The molecule has 0 aliphatic carbocycles. The van der Waals surface area contributed by atoms with E-state index in [-0.39, 0.29) is 55.5 Å². The van der Waals surface area contributed by atoms with Crippen LogP contribution in [-0.2, 0) is 43.5 Å². The summed E-state index contributed by atoms with van der Waals surface area (Å²) in [6, 6.07) is 8.81. The number of carbonyl (C=O) groups is 1. The van der Waals surface area contributed by atoms with E-state index >= 15 is 0 Å². The summed E-state index contributed by atoms with van der Waals surface area (Å²) in [4.78, 5) is 12.2. The fraction of sp³-hybridized carbons (Fsp3) is 0.381. The molecule has 0 bridgehead atoms. The molecule has 0 unspecified atom stereocenters. The number of benzene rings is 2. The molecule has 0 atom stereocenters. The molecule has 0 saturated carbocycles. The van der Waals surface area contributed by atoms with E-state index in [4.69, 9.17) is 14.2 Å². The van der Waals surface area contributed by atoms with Gasteiger partial charge in [0.05, 0.1) is 32.3 Å². The highest BCUT2D eigenvalue weighted by molar-refractivity contribution is 7.89. The van der Waals surface area contributed by atoms with Crippen LogP contribution in [0.25, 0.3) is 0 Å². The number of morpholine rings is 1. The van der Waals surface area contributed by atoms with Crippen molar-refractivity contribution >= 4 is 16.0 Å². The lowest BCUT2D eigenvalue weighted by atomic mass is 10.1. The van der Waals surface area contributed by atoms with Crippen molar-refractivity contribution < 1.29 is 40.6 Å². The highest BCUT2D eigenvalue weighted by Gasteiger charge is 2.31. The van der Waals surface area contributed by atoms with Gasteiger partial charge in [-0.05, 0) is 35.4 Å². The number of alkyl halides is 3. The second-order valence-electron chi connectivity index (χ2n) is 7.04. The van der Waals surface area contributed by atoms with Crippen molar-refractivity contribution in [2.24, 2.45) is 0 Å². The molecule has 7 nitrogen and oxygen atoms in total. The lowest BCUT2D eigenvalue weighted by Gasteiger charge is -2.26. The zero-order valence-electron chi connectivity index (χ0n) is 17.2. The molecule has 0 spiro atoms. The number of sulfonamides is 1. The minimum absolute atomic E-state index is 0.0786. The molecule has 11 heteroatoms. The summed E-state index contributed by atoms with van der Waals surface area (Å²) in [6.07, 6.45) is -4.75. The third-order valence-corrected chi connectivity index (χ3v) is 6.74. The van der Waals surface area contributed by atoms with Gasteiger partial charge in [-0.1, -0.05) is 18.2 Å². The molecule has 0 amide bonds. The van der Waals surface area contributed by atoms with E-state index in [1.165, 1.54) is 41.7 Å². The van der Waals surface area contributed by atoms with E-state index < -0.39 is 27.7 Å². The van der Waals surface area contributed by atoms with E-state index in [0.717, 1.165) is 12.1 Å².